The van der Waals surface area contributed by atoms with Crippen LogP contribution in [-0.2, 0) is 0 Å². The van der Waals surface area contributed by atoms with E-state index in [0.717, 1.165) is 41.5 Å². The minimum Gasteiger partial charge on any atom is -0.289 e. The standard InChI is InChI=1S/C18H18O/c1-11(2)13-8-9-15-12(3)14-6-4-5-7-16(14)18(19)17(15)10-13/h4-7,13H,1,3,8-10H2,2H3/t13-/m0/s1. The number of carbonyl (C=O) groups is 1. The van der Waals surface area contributed by atoms with Gasteiger partial charge in [-0.1, -0.05) is 43.0 Å². The number of hydrogen-bond acceptors (Lipinski definition) is 1. The Morgan fingerprint density at radius 3 is 2.58 bits per heavy atom. The Bertz CT molecular complexity index is 631. The van der Waals surface area contributed by atoms with Crippen molar-refractivity contribution < 1.29 is 4.79 Å². The monoisotopic (exact) mass is 250 g/mol. The molecule has 1 atom stereocenters. The zero-order valence-electron chi connectivity index (χ0n) is 11.3. The molecule has 0 radical (unpaired) electrons. The van der Waals surface area contributed by atoms with Crippen molar-refractivity contribution in [1.29, 1.82) is 0 Å². The molecule has 0 saturated carbocycles. The summed E-state index contributed by atoms with van der Waals surface area (Å²) >= 11 is 0. The van der Waals surface area contributed by atoms with Gasteiger partial charge in [-0.3, -0.25) is 4.79 Å². The molecule has 0 amide bonds. The maximum Gasteiger partial charge on any atom is 0.189 e. The van der Waals surface area contributed by atoms with Gasteiger partial charge in [-0.2, -0.15) is 0 Å². The fourth-order valence-electron chi connectivity index (χ4n) is 3.19. The number of carbonyl (C=O) groups excluding carboxylic acids is 1. The lowest BCUT2D eigenvalue weighted by Gasteiger charge is -2.32. The molecule has 19 heavy (non-hydrogen) atoms. The minimum atomic E-state index is 0.198. The van der Waals surface area contributed by atoms with Crippen molar-refractivity contribution in [3.63, 3.8) is 0 Å². The Hall–Kier alpha value is -1.89. The number of benzene rings is 1. The number of ketones is 1. The van der Waals surface area contributed by atoms with Crippen LogP contribution < -0.4 is 0 Å². The molecule has 0 N–H and O–H groups in total. The van der Waals surface area contributed by atoms with E-state index in [-0.39, 0.29) is 5.78 Å². The summed E-state index contributed by atoms with van der Waals surface area (Å²) in [6, 6.07) is 7.82. The predicted molar refractivity (Wildman–Crippen MR) is 79.0 cm³/mol. The third kappa shape index (κ3) is 1.81. The molecule has 0 spiro atoms. The molecule has 1 nitrogen and oxygen atoms in total. The molecule has 2 aliphatic rings. The molecule has 0 aromatic heterocycles. The summed E-state index contributed by atoms with van der Waals surface area (Å²) in [5.74, 6) is 0.643. The first kappa shape index (κ1) is 12.2. The van der Waals surface area contributed by atoms with Gasteiger partial charge >= 0.3 is 0 Å². The van der Waals surface area contributed by atoms with Crippen LogP contribution in [0, 0.1) is 5.92 Å². The Morgan fingerprint density at radius 1 is 1.21 bits per heavy atom. The van der Waals surface area contributed by atoms with Gasteiger partial charge in [0.2, 0.25) is 0 Å². The van der Waals surface area contributed by atoms with Crippen LogP contribution in [0.15, 0.2) is 54.1 Å². The highest BCUT2D eigenvalue weighted by Crippen LogP contribution is 2.44. The van der Waals surface area contributed by atoms with Crippen LogP contribution in [0.1, 0.15) is 42.1 Å². The Balaban J connectivity index is 2.08. The number of hydrogen-bond donors (Lipinski definition) is 0. The summed E-state index contributed by atoms with van der Waals surface area (Å²) in [7, 11) is 0. The minimum absolute atomic E-state index is 0.198. The number of allylic oxidation sites excluding steroid dienone is 4. The van der Waals surface area contributed by atoms with E-state index in [9.17, 15) is 4.79 Å². The third-order valence-corrected chi connectivity index (χ3v) is 4.39. The summed E-state index contributed by atoms with van der Waals surface area (Å²) in [6.07, 6.45) is 2.87. The lowest BCUT2D eigenvalue weighted by Crippen LogP contribution is -2.22. The van der Waals surface area contributed by atoms with E-state index in [2.05, 4.69) is 20.1 Å². The maximum absolute atomic E-state index is 12.6. The van der Waals surface area contributed by atoms with Gasteiger partial charge in [-0.05, 0) is 48.8 Å². The first-order valence-corrected chi connectivity index (χ1v) is 6.80. The molecule has 1 aromatic carbocycles. The topological polar surface area (TPSA) is 17.1 Å². The van der Waals surface area contributed by atoms with Crippen LogP contribution in [0.4, 0.5) is 0 Å². The lowest BCUT2D eigenvalue weighted by molar-refractivity contribution is 0.102. The molecule has 96 valence electrons. The van der Waals surface area contributed by atoms with Crippen molar-refractivity contribution in [2.75, 3.05) is 0 Å². The van der Waals surface area contributed by atoms with Crippen LogP contribution in [0.2, 0.25) is 0 Å². The van der Waals surface area contributed by atoms with Crippen molar-refractivity contribution in [2.24, 2.45) is 5.92 Å². The van der Waals surface area contributed by atoms with Gasteiger partial charge in [0.15, 0.2) is 5.78 Å². The highest BCUT2D eigenvalue weighted by molar-refractivity contribution is 6.17. The second kappa shape index (κ2) is 4.34. The molecule has 0 unspecified atom stereocenters. The van der Waals surface area contributed by atoms with Gasteiger partial charge < -0.3 is 0 Å². The Morgan fingerprint density at radius 2 is 1.89 bits per heavy atom. The van der Waals surface area contributed by atoms with Crippen molar-refractivity contribution in [3.8, 4) is 0 Å². The Labute approximate surface area is 114 Å². The number of rotatable bonds is 1. The van der Waals surface area contributed by atoms with Crippen LogP contribution in [0.3, 0.4) is 0 Å². The van der Waals surface area contributed by atoms with E-state index >= 15 is 0 Å². The summed E-state index contributed by atoms with van der Waals surface area (Å²) in [5.41, 5.74) is 6.21. The zero-order chi connectivity index (χ0) is 13.6. The van der Waals surface area contributed by atoms with E-state index < -0.39 is 0 Å². The van der Waals surface area contributed by atoms with E-state index in [4.69, 9.17) is 0 Å². The van der Waals surface area contributed by atoms with E-state index in [1.54, 1.807) is 0 Å². The SMILES string of the molecule is C=C1C2=C(C[C@@H](C(=C)C)CC2)C(=O)c2ccccc21. The average Bonchev–Trinajstić information content (AvgIpc) is 2.44. The Kier molecular flexibility index (Phi) is 2.78. The summed E-state index contributed by atoms with van der Waals surface area (Å²) in [6.45, 7) is 10.3. The fraction of sp³-hybridized carbons (Fsp3) is 0.278. The van der Waals surface area contributed by atoms with Crippen LogP contribution in [0.25, 0.3) is 5.57 Å². The molecule has 0 fully saturated rings. The lowest BCUT2D eigenvalue weighted by atomic mass is 9.71. The largest absolute Gasteiger partial charge is 0.289 e. The third-order valence-electron chi connectivity index (χ3n) is 4.39. The molecule has 0 aliphatic heterocycles. The number of Topliss-reactive ketones (excluding diaryl/α,β-unsaturated/α-hetero) is 1. The highest BCUT2D eigenvalue weighted by atomic mass is 16.1. The van der Waals surface area contributed by atoms with E-state index in [1.807, 2.05) is 24.3 Å². The first-order valence-electron chi connectivity index (χ1n) is 6.80. The molecule has 0 heterocycles. The molecule has 1 aromatic rings. The first-order chi connectivity index (χ1) is 9.09. The summed E-state index contributed by atoms with van der Waals surface area (Å²) < 4.78 is 0. The molecule has 3 rings (SSSR count). The maximum atomic E-state index is 12.6. The van der Waals surface area contributed by atoms with Crippen molar-refractivity contribution in [1.82, 2.24) is 0 Å². The van der Waals surface area contributed by atoms with Crippen LogP contribution in [0.5, 0.6) is 0 Å². The molecule has 1 heteroatoms. The summed E-state index contributed by atoms with van der Waals surface area (Å²) in [5, 5.41) is 0. The second-order valence-corrected chi connectivity index (χ2v) is 5.60. The number of fused-ring (bicyclic) bond motifs is 1. The highest BCUT2D eigenvalue weighted by Gasteiger charge is 2.32. The average molecular weight is 250 g/mol. The van der Waals surface area contributed by atoms with Gasteiger partial charge in [0, 0.05) is 11.1 Å². The summed E-state index contributed by atoms with van der Waals surface area (Å²) in [4.78, 5) is 12.6. The molecular weight excluding hydrogens is 232 g/mol. The van der Waals surface area contributed by atoms with Gasteiger partial charge in [-0.15, -0.1) is 0 Å². The van der Waals surface area contributed by atoms with E-state index in [0.29, 0.717) is 5.92 Å². The quantitative estimate of drug-likeness (QED) is 0.667. The van der Waals surface area contributed by atoms with Crippen LogP contribution in [-0.4, -0.2) is 5.78 Å². The van der Waals surface area contributed by atoms with Gasteiger partial charge in [0.25, 0.3) is 0 Å². The van der Waals surface area contributed by atoms with Gasteiger partial charge in [0.05, 0.1) is 0 Å². The van der Waals surface area contributed by atoms with E-state index in [1.165, 1.54) is 11.1 Å². The molecular formula is C18H18O. The van der Waals surface area contributed by atoms with Crippen LogP contribution >= 0.6 is 0 Å². The predicted octanol–water partition coefficient (Wildman–Crippen LogP) is 4.57. The smallest absolute Gasteiger partial charge is 0.189 e. The van der Waals surface area contributed by atoms with Gasteiger partial charge in [0.1, 0.15) is 0 Å². The van der Waals surface area contributed by atoms with Crippen molar-refractivity contribution in [2.45, 2.75) is 26.2 Å². The molecule has 0 bridgehead atoms. The van der Waals surface area contributed by atoms with Gasteiger partial charge in [-0.25, -0.2) is 0 Å². The zero-order valence-corrected chi connectivity index (χ0v) is 11.3. The van der Waals surface area contributed by atoms with Crippen molar-refractivity contribution >= 4 is 11.4 Å². The van der Waals surface area contributed by atoms with Crippen molar-refractivity contribution in [3.05, 3.63) is 65.3 Å². The molecule has 0 saturated heterocycles. The second-order valence-electron chi connectivity index (χ2n) is 5.60. The normalized spacial score (nSPS) is 22.1. The fourth-order valence-corrected chi connectivity index (χ4v) is 3.19. The molecule has 2 aliphatic carbocycles.